The normalized spacial score (nSPS) is 15.0. The number of nitrogens with zero attached hydrogens (tertiary/aromatic N) is 1. The van der Waals surface area contributed by atoms with Crippen LogP contribution in [-0.2, 0) is 14.8 Å². The van der Waals surface area contributed by atoms with Gasteiger partial charge in [-0.3, -0.25) is 4.79 Å². The molecule has 0 unspecified atom stereocenters. The fraction of sp³-hybridized carbons (Fsp3) is 0.348. The number of rotatable bonds is 8. The van der Waals surface area contributed by atoms with E-state index in [9.17, 15) is 13.2 Å². The number of hydrogen-bond donors (Lipinski definition) is 1. The van der Waals surface area contributed by atoms with E-state index in [0.29, 0.717) is 36.7 Å². The molecule has 0 aliphatic carbocycles. The van der Waals surface area contributed by atoms with E-state index in [2.05, 4.69) is 5.32 Å². The summed E-state index contributed by atoms with van der Waals surface area (Å²) in [5, 5.41) is 2.77. The van der Waals surface area contributed by atoms with Crippen molar-refractivity contribution in [2.24, 2.45) is 0 Å². The summed E-state index contributed by atoms with van der Waals surface area (Å²) in [6.45, 7) is 3.50. The Hall–Kier alpha value is -2.84. The average Bonchev–Trinajstić information content (AvgIpc) is 2.79. The van der Waals surface area contributed by atoms with Gasteiger partial charge in [-0.25, -0.2) is 8.42 Å². The minimum absolute atomic E-state index is 0.117. The van der Waals surface area contributed by atoms with Gasteiger partial charge in [-0.15, -0.1) is 0 Å². The van der Waals surface area contributed by atoms with Crippen molar-refractivity contribution < 1.29 is 22.7 Å². The molecule has 0 spiro atoms. The van der Waals surface area contributed by atoms with E-state index in [-0.39, 0.29) is 10.8 Å². The van der Waals surface area contributed by atoms with Gasteiger partial charge in [0.05, 0.1) is 13.7 Å². The summed E-state index contributed by atoms with van der Waals surface area (Å²) >= 11 is 0. The van der Waals surface area contributed by atoms with Crippen molar-refractivity contribution in [3.63, 3.8) is 0 Å². The van der Waals surface area contributed by atoms with Crippen LogP contribution in [0.15, 0.2) is 53.4 Å². The largest absolute Gasteiger partial charge is 0.495 e. The van der Waals surface area contributed by atoms with Gasteiger partial charge in [-0.2, -0.15) is 4.31 Å². The molecule has 0 bridgehead atoms. The lowest BCUT2D eigenvalue weighted by atomic mass is 10.2. The lowest BCUT2D eigenvalue weighted by molar-refractivity contribution is -0.111. The minimum atomic E-state index is -3.66. The lowest BCUT2D eigenvalue weighted by Gasteiger charge is -2.26. The second-order valence-corrected chi connectivity index (χ2v) is 9.06. The highest BCUT2D eigenvalue weighted by molar-refractivity contribution is 7.89. The zero-order chi connectivity index (χ0) is 22.3. The zero-order valence-corrected chi connectivity index (χ0v) is 18.7. The number of ether oxygens (including phenoxy) is 2. The third kappa shape index (κ3) is 5.86. The molecular formula is C23H28N2O5S. The molecule has 0 aromatic heterocycles. The Labute approximate surface area is 183 Å². The van der Waals surface area contributed by atoms with Crippen molar-refractivity contribution in [2.75, 3.05) is 32.1 Å². The number of benzene rings is 2. The molecule has 7 nitrogen and oxygen atoms in total. The smallest absolute Gasteiger partial charge is 0.248 e. The van der Waals surface area contributed by atoms with Gasteiger partial charge in [-0.1, -0.05) is 12.5 Å². The van der Waals surface area contributed by atoms with Crippen molar-refractivity contribution in [2.45, 2.75) is 31.1 Å². The second-order valence-electron chi connectivity index (χ2n) is 7.16. The Bertz CT molecular complexity index is 1030. The van der Waals surface area contributed by atoms with Crippen LogP contribution in [0, 0.1) is 0 Å². The molecule has 1 saturated heterocycles. The zero-order valence-electron chi connectivity index (χ0n) is 17.8. The first-order chi connectivity index (χ1) is 14.9. The van der Waals surface area contributed by atoms with Crippen LogP contribution in [0.1, 0.15) is 31.7 Å². The van der Waals surface area contributed by atoms with Gasteiger partial charge in [0.15, 0.2) is 0 Å². The molecule has 0 saturated carbocycles. The van der Waals surface area contributed by atoms with E-state index in [1.54, 1.807) is 48.5 Å². The molecule has 0 atom stereocenters. The first-order valence-corrected chi connectivity index (χ1v) is 11.8. The molecule has 2 aromatic rings. The summed E-state index contributed by atoms with van der Waals surface area (Å²) in [6.07, 6.45) is 5.70. The van der Waals surface area contributed by atoms with Crippen molar-refractivity contribution in [3.05, 3.63) is 54.1 Å². The summed E-state index contributed by atoms with van der Waals surface area (Å²) in [6, 6.07) is 12.0. The predicted octanol–water partition coefficient (Wildman–Crippen LogP) is 3.92. The SMILES string of the molecule is CCOc1ccc(NC(=O)/C=C\c2ccc(OC)c(S(=O)(=O)N3CCCCC3)c2)cc1. The number of methoxy groups -OCH3 is 1. The van der Waals surface area contributed by atoms with Gasteiger partial charge in [0.2, 0.25) is 15.9 Å². The van der Waals surface area contributed by atoms with Crippen molar-refractivity contribution >= 4 is 27.7 Å². The molecule has 1 aliphatic rings. The van der Waals surface area contributed by atoms with Crippen LogP contribution in [0.3, 0.4) is 0 Å². The number of carbonyl (C=O) groups is 1. The van der Waals surface area contributed by atoms with Crippen molar-refractivity contribution in [3.8, 4) is 11.5 Å². The van der Waals surface area contributed by atoms with Crippen LogP contribution < -0.4 is 14.8 Å². The molecule has 1 N–H and O–H groups in total. The van der Waals surface area contributed by atoms with E-state index >= 15 is 0 Å². The van der Waals surface area contributed by atoms with Gasteiger partial charge in [-0.05, 0) is 67.8 Å². The van der Waals surface area contributed by atoms with Gasteiger partial charge in [0, 0.05) is 24.9 Å². The van der Waals surface area contributed by atoms with Crippen LogP contribution in [-0.4, -0.2) is 45.4 Å². The molecule has 3 rings (SSSR count). The van der Waals surface area contributed by atoms with E-state index in [0.717, 1.165) is 25.0 Å². The molecule has 1 heterocycles. The predicted molar refractivity (Wildman–Crippen MR) is 121 cm³/mol. The quantitative estimate of drug-likeness (QED) is 0.624. The first kappa shape index (κ1) is 22.8. The maximum absolute atomic E-state index is 13.1. The minimum Gasteiger partial charge on any atom is -0.495 e. The fourth-order valence-corrected chi connectivity index (χ4v) is 5.11. The van der Waals surface area contributed by atoms with Gasteiger partial charge < -0.3 is 14.8 Å². The van der Waals surface area contributed by atoms with Gasteiger partial charge in [0.1, 0.15) is 16.4 Å². The van der Waals surface area contributed by atoms with Crippen LogP contribution in [0.4, 0.5) is 5.69 Å². The van der Waals surface area contributed by atoms with Gasteiger partial charge >= 0.3 is 0 Å². The number of anilines is 1. The third-order valence-electron chi connectivity index (χ3n) is 4.98. The standard InChI is InChI=1S/C23H28N2O5S/c1-3-30-20-11-9-19(10-12-20)24-23(26)14-8-18-7-13-21(29-2)22(17-18)31(27,28)25-15-5-4-6-16-25/h7-14,17H,3-6,15-16H2,1-2H3,(H,24,26)/b14-8-. The van der Waals surface area contributed by atoms with Crippen molar-refractivity contribution in [1.29, 1.82) is 0 Å². The van der Waals surface area contributed by atoms with Crippen LogP contribution in [0.25, 0.3) is 6.08 Å². The Balaban J connectivity index is 1.74. The molecule has 1 amide bonds. The Morgan fingerprint density at radius 2 is 1.81 bits per heavy atom. The summed E-state index contributed by atoms with van der Waals surface area (Å²) in [7, 11) is -2.21. The number of sulfonamides is 1. The average molecular weight is 445 g/mol. The highest BCUT2D eigenvalue weighted by Crippen LogP contribution is 2.30. The Morgan fingerprint density at radius 1 is 1.10 bits per heavy atom. The highest BCUT2D eigenvalue weighted by Gasteiger charge is 2.28. The summed E-state index contributed by atoms with van der Waals surface area (Å²) in [5.74, 6) is 0.707. The van der Waals surface area contributed by atoms with Crippen molar-refractivity contribution in [1.82, 2.24) is 4.31 Å². The third-order valence-corrected chi connectivity index (χ3v) is 6.90. The molecular weight excluding hydrogens is 416 g/mol. The molecule has 0 radical (unpaired) electrons. The Morgan fingerprint density at radius 3 is 2.45 bits per heavy atom. The maximum Gasteiger partial charge on any atom is 0.248 e. The van der Waals surface area contributed by atoms with Gasteiger partial charge in [0.25, 0.3) is 0 Å². The summed E-state index contributed by atoms with van der Waals surface area (Å²) in [5.41, 5.74) is 1.24. The molecule has 1 aliphatic heterocycles. The van der Waals surface area contributed by atoms with E-state index in [4.69, 9.17) is 9.47 Å². The van der Waals surface area contributed by atoms with E-state index in [1.165, 1.54) is 17.5 Å². The summed E-state index contributed by atoms with van der Waals surface area (Å²) < 4.78 is 38.4. The topological polar surface area (TPSA) is 84.9 Å². The van der Waals surface area contributed by atoms with Crippen LogP contribution in [0.5, 0.6) is 11.5 Å². The molecule has 1 fully saturated rings. The highest BCUT2D eigenvalue weighted by atomic mass is 32.2. The number of carbonyl (C=O) groups excluding carboxylic acids is 1. The Kier molecular flexibility index (Phi) is 7.70. The fourth-order valence-electron chi connectivity index (χ4n) is 3.40. The van der Waals surface area contributed by atoms with E-state index in [1.807, 2.05) is 6.92 Å². The van der Waals surface area contributed by atoms with E-state index < -0.39 is 10.0 Å². The molecule has 31 heavy (non-hydrogen) atoms. The molecule has 8 heteroatoms. The maximum atomic E-state index is 13.1. The van der Waals surface area contributed by atoms with Crippen LogP contribution in [0.2, 0.25) is 0 Å². The monoisotopic (exact) mass is 444 g/mol. The molecule has 166 valence electrons. The molecule has 2 aromatic carbocycles. The number of nitrogens with one attached hydrogen (secondary N) is 1. The number of amides is 1. The number of piperidine rings is 1. The second kappa shape index (κ2) is 10.5. The lowest BCUT2D eigenvalue weighted by Crippen LogP contribution is -2.35. The summed E-state index contributed by atoms with van der Waals surface area (Å²) in [4.78, 5) is 12.4. The van der Waals surface area contributed by atoms with Crippen LogP contribution >= 0.6 is 0 Å². The first-order valence-electron chi connectivity index (χ1n) is 10.3. The number of hydrogen-bond acceptors (Lipinski definition) is 5.